The zero-order chi connectivity index (χ0) is 16.6. The van der Waals surface area contributed by atoms with E-state index in [0.29, 0.717) is 6.54 Å². The number of rotatable bonds is 8. The van der Waals surface area contributed by atoms with E-state index < -0.39 is 0 Å². The standard InChI is InChI=1S/C16H31N5O/c1-7-17-15(19-12-16(4,5)22-6)18-9-8-10-21-14(3)11-13(2)20-21/h11H,7-10,12H2,1-6H3,(H2,17,18,19). The van der Waals surface area contributed by atoms with E-state index in [2.05, 4.69) is 45.3 Å². The van der Waals surface area contributed by atoms with E-state index in [-0.39, 0.29) is 5.60 Å². The van der Waals surface area contributed by atoms with Crippen LogP contribution in [0.15, 0.2) is 11.1 Å². The van der Waals surface area contributed by atoms with Crippen molar-refractivity contribution in [3.8, 4) is 0 Å². The average Bonchev–Trinajstić information content (AvgIpc) is 2.79. The lowest BCUT2D eigenvalue weighted by molar-refractivity contribution is 0.0310. The van der Waals surface area contributed by atoms with Crippen LogP contribution in [0, 0.1) is 13.8 Å². The van der Waals surface area contributed by atoms with Crippen molar-refractivity contribution in [3.63, 3.8) is 0 Å². The van der Waals surface area contributed by atoms with Crippen LogP contribution in [-0.2, 0) is 11.3 Å². The Morgan fingerprint density at radius 1 is 1.36 bits per heavy atom. The summed E-state index contributed by atoms with van der Waals surface area (Å²) in [6, 6.07) is 2.10. The summed E-state index contributed by atoms with van der Waals surface area (Å²) in [6.45, 7) is 13.5. The van der Waals surface area contributed by atoms with E-state index in [9.17, 15) is 0 Å². The topological polar surface area (TPSA) is 63.5 Å². The average molecular weight is 309 g/mol. The van der Waals surface area contributed by atoms with Crippen molar-refractivity contribution in [2.24, 2.45) is 4.99 Å². The molecule has 22 heavy (non-hydrogen) atoms. The van der Waals surface area contributed by atoms with E-state index >= 15 is 0 Å². The van der Waals surface area contributed by atoms with Gasteiger partial charge in [0.25, 0.3) is 0 Å². The molecule has 0 aliphatic carbocycles. The fourth-order valence-corrected chi connectivity index (χ4v) is 2.01. The quantitative estimate of drug-likeness (QED) is 0.437. The molecule has 0 atom stereocenters. The van der Waals surface area contributed by atoms with E-state index in [0.717, 1.165) is 37.7 Å². The molecule has 0 unspecified atom stereocenters. The van der Waals surface area contributed by atoms with Crippen LogP contribution < -0.4 is 10.6 Å². The van der Waals surface area contributed by atoms with Gasteiger partial charge in [0.2, 0.25) is 0 Å². The van der Waals surface area contributed by atoms with Crippen molar-refractivity contribution in [1.82, 2.24) is 20.4 Å². The maximum atomic E-state index is 5.39. The Labute approximate surface area is 134 Å². The lowest BCUT2D eigenvalue weighted by Gasteiger charge is -2.21. The number of hydrogen-bond donors (Lipinski definition) is 2. The van der Waals surface area contributed by atoms with Crippen LogP contribution in [0.3, 0.4) is 0 Å². The van der Waals surface area contributed by atoms with Gasteiger partial charge in [0.1, 0.15) is 0 Å². The van der Waals surface area contributed by atoms with Gasteiger partial charge in [0, 0.05) is 32.4 Å². The van der Waals surface area contributed by atoms with Crippen LogP contribution in [0.2, 0.25) is 0 Å². The van der Waals surface area contributed by atoms with Gasteiger partial charge in [-0.3, -0.25) is 9.67 Å². The summed E-state index contributed by atoms with van der Waals surface area (Å²) in [4.78, 5) is 4.57. The summed E-state index contributed by atoms with van der Waals surface area (Å²) >= 11 is 0. The zero-order valence-electron chi connectivity index (χ0n) is 14.9. The van der Waals surface area contributed by atoms with Crippen LogP contribution in [0.4, 0.5) is 0 Å². The summed E-state index contributed by atoms with van der Waals surface area (Å²) in [5.74, 6) is 0.834. The maximum Gasteiger partial charge on any atom is 0.191 e. The van der Waals surface area contributed by atoms with Crippen LogP contribution >= 0.6 is 0 Å². The van der Waals surface area contributed by atoms with Gasteiger partial charge < -0.3 is 15.4 Å². The van der Waals surface area contributed by atoms with Crippen molar-refractivity contribution in [2.45, 2.75) is 53.2 Å². The van der Waals surface area contributed by atoms with E-state index in [1.807, 2.05) is 20.8 Å². The monoisotopic (exact) mass is 309 g/mol. The Morgan fingerprint density at radius 2 is 2.09 bits per heavy atom. The van der Waals surface area contributed by atoms with Gasteiger partial charge in [-0.15, -0.1) is 0 Å². The molecule has 1 aromatic heterocycles. The number of hydrogen-bond acceptors (Lipinski definition) is 3. The molecule has 0 bridgehead atoms. The summed E-state index contributed by atoms with van der Waals surface area (Å²) in [6.07, 6.45) is 1.00. The molecule has 0 saturated heterocycles. The number of methoxy groups -OCH3 is 1. The summed E-state index contributed by atoms with van der Waals surface area (Å²) in [7, 11) is 1.71. The summed E-state index contributed by atoms with van der Waals surface area (Å²) in [5.41, 5.74) is 2.04. The minimum atomic E-state index is -0.244. The molecule has 0 aliphatic heterocycles. The second kappa shape index (κ2) is 8.78. The molecule has 126 valence electrons. The number of aromatic nitrogens is 2. The molecule has 1 rings (SSSR count). The van der Waals surface area contributed by atoms with Crippen LogP contribution in [0.5, 0.6) is 0 Å². The molecule has 0 radical (unpaired) electrons. The first kappa shape index (κ1) is 18.5. The number of nitrogens with zero attached hydrogens (tertiary/aromatic N) is 3. The fraction of sp³-hybridized carbons (Fsp3) is 0.750. The Morgan fingerprint density at radius 3 is 2.64 bits per heavy atom. The second-order valence-electron chi connectivity index (χ2n) is 6.09. The third-order valence-corrected chi connectivity index (χ3v) is 3.46. The Balaban J connectivity index is 2.41. The molecular weight excluding hydrogens is 278 g/mol. The molecule has 0 aliphatic rings. The van der Waals surface area contributed by atoms with Crippen molar-refractivity contribution < 1.29 is 4.74 Å². The van der Waals surface area contributed by atoms with Crippen LogP contribution in [0.1, 0.15) is 38.6 Å². The Bertz CT molecular complexity index is 479. The van der Waals surface area contributed by atoms with Gasteiger partial charge in [0.15, 0.2) is 5.96 Å². The first-order valence-corrected chi connectivity index (χ1v) is 7.96. The highest BCUT2D eigenvalue weighted by atomic mass is 16.5. The first-order valence-electron chi connectivity index (χ1n) is 7.96. The van der Waals surface area contributed by atoms with Crippen molar-refractivity contribution in [1.29, 1.82) is 0 Å². The fourth-order valence-electron chi connectivity index (χ4n) is 2.01. The summed E-state index contributed by atoms with van der Waals surface area (Å²) in [5, 5.41) is 11.1. The third kappa shape index (κ3) is 6.47. The Hall–Kier alpha value is -1.56. The van der Waals surface area contributed by atoms with Crippen molar-refractivity contribution in [3.05, 3.63) is 17.5 Å². The first-order chi connectivity index (χ1) is 10.4. The van der Waals surface area contributed by atoms with Gasteiger partial charge in [-0.05, 0) is 47.1 Å². The van der Waals surface area contributed by atoms with Gasteiger partial charge in [-0.2, -0.15) is 5.10 Å². The second-order valence-corrected chi connectivity index (χ2v) is 6.09. The highest BCUT2D eigenvalue weighted by molar-refractivity contribution is 5.79. The normalized spacial score (nSPS) is 12.5. The molecular formula is C16H31N5O. The van der Waals surface area contributed by atoms with Crippen molar-refractivity contribution >= 4 is 5.96 Å². The Kier molecular flexibility index (Phi) is 7.38. The lowest BCUT2D eigenvalue weighted by atomic mass is 10.1. The smallest absolute Gasteiger partial charge is 0.191 e. The number of ether oxygens (including phenoxy) is 1. The van der Waals surface area contributed by atoms with Gasteiger partial charge in [-0.1, -0.05) is 0 Å². The zero-order valence-corrected chi connectivity index (χ0v) is 14.9. The minimum Gasteiger partial charge on any atom is -0.377 e. The van der Waals surface area contributed by atoms with E-state index in [1.165, 1.54) is 5.69 Å². The molecule has 2 N–H and O–H groups in total. The molecule has 1 heterocycles. The molecule has 0 saturated carbocycles. The van der Waals surface area contributed by atoms with Gasteiger partial charge in [-0.25, -0.2) is 0 Å². The molecule has 1 aromatic rings. The largest absolute Gasteiger partial charge is 0.377 e. The SMILES string of the molecule is CCNC(=NCC(C)(C)OC)NCCCn1nc(C)cc1C. The highest BCUT2D eigenvalue weighted by Gasteiger charge is 2.15. The van der Waals surface area contributed by atoms with Crippen molar-refractivity contribution in [2.75, 3.05) is 26.7 Å². The molecule has 6 heteroatoms. The molecule has 0 amide bonds. The third-order valence-electron chi connectivity index (χ3n) is 3.46. The highest BCUT2D eigenvalue weighted by Crippen LogP contribution is 2.07. The minimum absolute atomic E-state index is 0.244. The number of aliphatic imine (C=N–C) groups is 1. The predicted molar refractivity (Wildman–Crippen MR) is 91.4 cm³/mol. The number of aryl methyl sites for hydroxylation is 3. The van der Waals surface area contributed by atoms with Crippen LogP contribution in [-0.4, -0.2) is 48.1 Å². The molecule has 6 nitrogen and oxygen atoms in total. The van der Waals surface area contributed by atoms with Gasteiger partial charge >= 0.3 is 0 Å². The van der Waals surface area contributed by atoms with Crippen LogP contribution in [0.25, 0.3) is 0 Å². The van der Waals surface area contributed by atoms with Gasteiger partial charge in [0.05, 0.1) is 17.8 Å². The maximum absolute atomic E-state index is 5.39. The molecule has 0 fully saturated rings. The lowest BCUT2D eigenvalue weighted by Crippen LogP contribution is -2.39. The summed E-state index contributed by atoms with van der Waals surface area (Å²) < 4.78 is 7.44. The molecule has 0 aromatic carbocycles. The molecule has 0 spiro atoms. The number of nitrogens with one attached hydrogen (secondary N) is 2. The van der Waals surface area contributed by atoms with E-state index in [4.69, 9.17) is 4.74 Å². The van der Waals surface area contributed by atoms with E-state index in [1.54, 1.807) is 7.11 Å². The number of guanidine groups is 1. The predicted octanol–water partition coefficient (Wildman–Crippen LogP) is 1.87.